The highest BCUT2D eigenvalue weighted by Gasteiger charge is 2.25. The molecule has 27 heavy (non-hydrogen) atoms. The second-order valence-corrected chi connectivity index (χ2v) is 6.69. The summed E-state index contributed by atoms with van der Waals surface area (Å²) in [5.74, 6) is 1.86. The molecule has 2 aliphatic rings. The summed E-state index contributed by atoms with van der Waals surface area (Å²) in [6, 6.07) is 15.1. The van der Waals surface area contributed by atoms with E-state index in [1.165, 1.54) is 0 Å². The standard InChI is InChI=1S/C21H19N3O3/c25-21(14-9-10-18-19(13-14)27-12-11-26-18)22-20-16-7-4-8-17(16)23-24(20)15-5-2-1-3-6-15/h1-3,5-6,9-10,13H,4,7-8,11-12H2,(H,22,25). The minimum atomic E-state index is -0.182. The highest BCUT2D eigenvalue weighted by atomic mass is 16.6. The number of carbonyl (C=O) groups is 1. The zero-order valence-corrected chi connectivity index (χ0v) is 14.8. The molecule has 2 heterocycles. The predicted octanol–water partition coefficient (Wildman–Crippen LogP) is 3.38. The van der Waals surface area contributed by atoms with Crippen molar-refractivity contribution in [1.29, 1.82) is 0 Å². The van der Waals surface area contributed by atoms with Gasteiger partial charge in [-0.25, -0.2) is 4.68 Å². The summed E-state index contributed by atoms with van der Waals surface area (Å²) < 4.78 is 13.0. The van der Waals surface area contributed by atoms with E-state index in [4.69, 9.17) is 14.6 Å². The zero-order valence-electron chi connectivity index (χ0n) is 14.8. The average molecular weight is 361 g/mol. The Morgan fingerprint density at radius 3 is 2.67 bits per heavy atom. The van der Waals surface area contributed by atoms with Crippen molar-refractivity contribution in [3.8, 4) is 17.2 Å². The molecule has 1 aromatic heterocycles. The van der Waals surface area contributed by atoms with Crippen LogP contribution < -0.4 is 14.8 Å². The van der Waals surface area contributed by atoms with E-state index in [0.717, 1.165) is 42.0 Å². The molecule has 0 bridgehead atoms. The molecule has 0 saturated heterocycles. The first kappa shape index (κ1) is 15.9. The van der Waals surface area contributed by atoms with Crippen LogP contribution in [-0.4, -0.2) is 28.9 Å². The number of anilines is 1. The van der Waals surface area contributed by atoms with Crippen LogP contribution in [0.2, 0.25) is 0 Å². The van der Waals surface area contributed by atoms with Gasteiger partial charge >= 0.3 is 0 Å². The molecule has 6 heteroatoms. The number of nitrogens with zero attached hydrogens (tertiary/aromatic N) is 2. The first-order chi connectivity index (χ1) is 13.3. The lowest BCUT2D eigenvalue weighted by atomic mass is 10.1. The number of amides is 1. The second kappa shape index (κ2) is 6.46. The van der Waals surface area contributed by atoms with Crippen LogP contribution in [0.15, 0.2) is 48.5 Å². The minimum Gasteiger partial charge on any atom is -0.486 e. The molecular formula is C21H19N3O3. The van der Waals surface area contributed by atoms with Crippen molar-refractivity contribution in [2.24, 2.45) is 0 Å². The molecule has 0 spiro atoms. The van der Waals surface area contributed by atoms with Gasteiger partial charge in [0.25, 0.3) is 5.91 Å². The summed E-state index contributed by atoms with van der Waals surface area (Å²) >= 11 is 0. The van der Waals surface area contributed by atoms with Crippen molar-refractivity contribution in [2.45, 2.75) is 19.3 Å². The van der Waals surface area contributed by atoms with E-state index >= 15 is 0 Å². The van der Waals surface area contributed by atoms with Gasteiger partial charge in [-0.1, -0.05) is 18.2 Å². The molecule has 0 atom stereocenters. The van der Waals surface area contributed by atoms with Gasteiger partial charge in [0, 0.05) is 11.1 Å². The Morgan fingerprint density at radius 1 is 1.00 bits per heavy atom. The van der Waals surface area contributed by atoms with Crippen molar-refractivity contribution in [1.82, 2.24) is 9.78 Å². The normalized spacial score (nSPS) is 14.7. The molecule has 0 radical (unpaired) electrons. The number of para-hydroxylation sites is 1. The fourth-order valence-electron chi connectivity index (χ4n) is 3.64. The molecule has 6 nitrogen and oxygen atoms in total. The average Bonchev–Trinajstić information content (AvgIpc) is 3.31. The highest BCUT2D eigenvalue weighted by Crippen LogP contribution is 2.33. The number of rotatable bonds is 3. The van der Waals surface area contributed by atoms with Crippen molar-refractivity contribution >= 4 is 11.7 Å². The summed E-state index contributed by atoms with van der Waals surface area (Å²) in [6.45, 7) is 1.02. The van der Waals surface area contributed by atoms with Gasteiger partial charge in [0.2, 0.25) is 0 Å². The summed E-state index contributed by atoms with van der Waals surface area (Å²) in [4.78, 5) is 12.9. The summed E-state index contributed by atoms with van der Waals surface area (Å²) in [5.41, 5.74) is 3.66. The van der Waals surface area contributed by atoms with Crippen LogP contribution >= 0.6 is 0 Å². The molecule has 1 amide bonds. The van der Waals surface area contributed by atoms with E-state index in [1.54, 1.807) is 18.2 Å². The van der Waals surface area contributed by atoms with E-state index in [-0.39, 0.29) is 5.91 Å². The number of fused-ring (bicyclic) bond motifs is 2. The molecule has 1 N–H and O–H groups in total. The van der Waals surface area contributed by atoms with Gasteiger partial charge in [0.1, 0.15) is 19.0 Å². The maximum absolute atomic E-state index is 12.9. The Labute approximate surface area is 156 Å². The fraction of sp³-hybridized carbons (Fsp3) is 0.238. The maximum atomic E-state index is 12.9. The molecule has 0 saturated carbocycles. The van der Waals surface area contributed by atoms with Crippen LogP contribution in [0.4, 0.5) is 5.82 Å². The Hall–Kier alpha value is -3.28. The number of benzene rings is 2. The third-order valence-corrected chi connectivity index (χ3v) is 4.94. The molecule has 1 aliphatic carbocycles. The van der Waals surface area contributed by atoms with Crippen LogP contribution in [0.25, 0.3) is 5.69 Å². The molecule has 2 aromatic carbocycles. The molecule has 136 valence electrons. The Balaban J connectivity index is 1.49. The molecule has 1 aliphatic heterocycles. The van der Waals surface area contributed by atoms with E-state index < -0.39 is 0 Å². The lowest BCUT2D eigenvalue weighted by Gasteiger charge is -2.19. The molecular weight excluding hydrogens is 342 g/mol. The van der Waals surface area contributed by atoms with Gasteiger partial charge < -0.3 is 14.8 Å². The molecule has 5 rings (SSSR count). The predicted molar refractivity (Wildman–Crippen MR) is 101 cm³/mol. The lowest BCUT2D eigenvalue weighted by Crippen LogP contribution is -2.18. The quantitative estimate of drug-likeness (QED) is 0.777. The van der Waals surface area contributed by atoms with Gasteiger partial charge in [-0.15, -0.1) is 0 Å². The van der Waals surface area contributed by atoms with Crippen LogP contribution in [-0.2, 0) is 12.8 Å². The zero-order chi connectivity index (χ0) is 18.2. The molecule has 3 aromatic rings. The van der Waals surface area contributed by atoms with Gasteiger partial charge in [-0.2, -0.15) is 5.10 Å². The van der Waals surface area contributed by atoms with Gasteiger partial charge in [-0.05, 0) is 49.6 Å². The van der Waals surface area contributed by atoms with Crippen LogP contribution in [0.3, 0.4) is 0 Å². The van der Waals surface area contributed by atoms with E-state index in [1.807, 2.05) is 35.0 Å². The summed E-state index contributed by atoms with van der Waals surface area (Å²) in [6.07, 6.45) is 2.95. The number of nitrogens with one attached hydrogen (secondary N) is 1. The Morgan fingerprint density at radius 2 is 1.81 bits per heavy atom. The Bertz CT molecular complexity index is 1010. The fourth-order valence-corrected chi connectivity index (χ4v) is 3.64. The van der Waals surface area contributed by atoms with Crippen molar-refractivity contribution in [3.63, 3.8) is 0 Å². The smallest absolute Gasteiger partial charge is 0.256 e. The van der Waals surface area contributed by atoms with E-state index in [9.17, 15) is 4.79 Å². The first-order valence-electron chi connectivity index (χ1n) is 9.17. The largest absolute Gasteiger partial charge is 0.486 e. The van der Waals surface area contributed by atoms with Crippen molar-refractivity contribution < 1.29 is 14.3 Å². The SMILES string of the molecule is O=C(Nc1c2c(nn1-c1ccccc1)CCC2)c1ccc2c(c1)OCCO2. The Kier molecular flexibility index (Phi) is 3.81. The monoisotopic (exact) mass is 361 g/mol. The first-order valence-corrected chi connectivity index (χ1v) is 9.17. The van der Waals surface area contributed by atoms with E-state index in [2.05, 4.69) is 5.32 Å². The number of hydrogen-bond donors (Lipinski definition) is 1. The molecule has 0 unspecified atom stereocenters. The van der Waals surface area contributed by atoms with Gasteiger partial charge in [-0.3, -0.25) is 4.79 Å². The number of hydrogen-bond acceptors (Lipinski definition) is 4. The number of ether oxygens (including phenoxy) is 2. The topological polar surface area (TPSA) is 65.4 Å². The van der Waals surface area contributed by atoms with Crippen LogP contribution in [0.1, 0.15) is 28.0 Å². The third kappa shape index (κ3) is 2.83. The van der Waals surface area contributed by atoms with Crippen LogP contribution in [0.5, 0.6) is 11.5 Å². The number of aromatic nitrogens is 2. The van der Waals surface area contributed by atoms with E-state index in [0.29, 0.717) is 30.3 Å². The molecule has 0 fully saturated rings. The summed E-state index contributed by atoms with van der Waals surface area (Å²) in [7, 11) is 0. The minimum absolute atomic E-state index is 0.182. The number of aryl methyl sites for hydroxylation is 1. The highest BCUT2D eigenvalue weighted by molar-refractivity contribution is 6.04. The lowest BCUT2D eigenvalue weighted by molar-refractivity contribution is 0.102. The summed E-state index contributed by atoms with van der Waals surface area (Å²) in [5, 5.41) is 7.81. The number of carbonyl (C=O) groups excluding carboxylic acids is 1. The maximum Gasteiger partial charge on any atom is 0.256 e. The second-order valence-electron chi connectivity index (χ2n) is 6.69. The van der Waals surface area contributed by atoms with Crippen LogP contribution in [0, 0.1) is 0 Å². The third-order valence-electron chi connectivity index (χ3n) is 4.94. The van der Waals surface area contributed by atoms with Crippen molar-refractivity contribution in [2.75, 3.05) is 18.5 Å². The van der Waals surface area contributed by atoms with Crippen molar-refractivity contribution in [3.05, 3.63) is 65.4 Å². The van der Waals surface area contributed by atoms with Gasteiger partial charge in [0.15, 0.2) is 11.5 Å². The van der Waals surface area contributed by atoms with Gasteiger partial charge in [0.05, 0.1) is 11.4 Å².